The van der Waals surface area contributed by atoms with Crippen molar-refractivity contribution in [3.8, 4) is 34.1 Å². The first-order valence-corrected chi connectivity index (χ1v) is 19.8. The lowest BCUT2D eigenvalue weighted by Crippen LogP contribution is -2.57. The van der Waals surface area contributed by atoms with E-state index in [1.807, 2.05) is 0 Å². The Morgan fingerprint density at radius 2 is 1.23 bits per heavy atom. The van der Waals surface area contributed by atoms with E-state index in [1.165, 1.54) is 71.5 Å². The molecule has 7 aromatic carbocycles. The van der Waals surface area contributed by atoms with Crippen molar-refractivity contribution in [2.24, 2.45) is 7.05 Å². The highest BCUT2D eigenvalue weighted by Crippen LogP contribution is 2.43. The van der Waals surface area contributed by atoms with Gasteiger partial charge in [0.25, 0.3) is 12.4 Å². The molecule has 2 aliphatic rings. The van der Waals surface area contributed by atoms with Crippen molar-refractivity contribution in [3.63, 3.8) is 0 Å². The molecular weight excluding hydrogens is 683 g/mol. The zero-order valence-corrected chi connectivity index (χ0v) is 33.3. The molecular formula is C51H44BN2O2+. The Morgan fingerprint density at radius 3 is 1.95 bits per heavy atom. The van der Waals surface area contributed by atoms with Crippen LogP contribution in [0, 0.1) is 6.92 Å². The number of imidazole rings is 1. The molecule has 0 atom stereocenters. The zero-order chi connectivity index (χ0) is 38.4. The van der Waals surface area contributed by atoms with Gasteiger partial charge < -0.3 is 9.47 Å². The molecule has 5 heteroatoms. The van der Waals surface area contributed by atoms with E-state index in [1.54, 1.807) is 0 Å². The van der Waals surface area contributed by atoms with Gasteiger partial charge in [0.15, 0.2) is 11.0 Å². The molecule has 56 heavy (non-hydrogen) atoms. The van der Waals surface area contributed by atoms with Crippen molar-refractivity contribution in [2.45, 2.75) is 59.3 Å². The number of nitrogens with zero attached hydrogens (tertiary/aromatic N) is 2. The Kier molecular flexibility index (Phi) is 6.69. The van der Waals surface area contributed by atoms with Crippen molar-refractivity contribution in [3.05, 3.63) is 138 Å². The van der Waals surface area contributed by atoms with E-state index in [-0.39, 0.29) is 17.5 Å². The molecule has 9 aromatic rings. The summed E-state index contributed by atoms with van der Waals surface area (Å²) in [6.45, 7) is 15.9. The lowest BCUT2D eigenvalue weighted by Gasteiger charge is -2.35. The Morgan fingerprint density at radius 1 is 0.571 bits per heavy atom. The summed E-state index contributed by atoms with van der Waals surface area (Å²) < 4.78 is 18.7. The van der Waals surface area contributed by atoms with Gasteiger partial charge in [0, 0.05) is 21.6 Å². The minimum absolute atomic E-state index is 0.000234. The van der Waals surface area contributed by atoms with Gasteiger partial charge in [0.1, 0.15) is 28.5 Å². The summed E-state index contributed by atoms with van der Waals surface area (Å²) in [5, 5.41) is 6.00. The molecule has 272 valence electrons. The zero-order valence-electron chi connectivity index (χ0n) is 33.3. The van der Waals surface area contributed by atoms with Crippen LogP contribution in [0.1, 0.15) is 58.2 Å². The highest BCUT2D eigenvalue weighted by Gasteiger charge is 2.42. The van der Waals surface area contributed by atoms with Crippen LogP contribution in [0.2, 0.25) is 0 Å². The van der Waals surface area contributed by atoms with Crippen molar-refractivity contribution in [1.29, 1.82) is 0 Å². The first kappa shape index (κ1) is 33.3. The van der Waals surface area contributed by atoms with Crippen LogP contribution in [0.5, 0.6) is 23.0 Å². The molecule has 4 nitrogen and oxygen atoms in total. The number of benzene rings is 7. The molecule has 0 aliphatic carbocycles. The smallest absolute Gasteiger partial charge is 0.295 e. The topological polar surface area (TPSA) is 26.8 Å². The van der Waals surface area contributed by atoms with Crippen molar-refractivity contribution >= 4 is 72.2 Å². The Bertz CT molecular complexity index is 3170. The van der Waals surface area contributed by atoms with Crippen LogP contribution in [-0.4, -0.2) is 11.1 Å². The van der Waals surface area contributed by atoms with Gasteiger partial charge >= 0.3 is 0 Å². The van der Waals surface area contributed by atoms with Gasteiger partial charge in [-0.15, -0.1) is 0 Å². The lowest BCUT2D eigenvalue weighted by atomic mass is 9.34. The summed E-state index contributed by atoms with van der Waals surface area (Å²) in [4.78, 5) is 0. The number of hydrogen-bond acceptors (Lipinski definition) is 2. The molecule has 0 radical (unpaired) electrons. The summed E-state index contributed by atoms with van der Waals surface area (Å²) in [5.41, 5.74) is 14.5. The van der Waals surface area contributed by atoms with E-state index in [0.717, 1.165) is 44.8 Å². The maximum absolute atomic E-state index is 6.98. The van der Waals surface area contributed by atoms with E-state index in [2.05, 4.69) is 186 Å². The quantitative estimate of drug-likeness (QED) is 0.0956. The fraction of sp³-hybridized carbons (Fsp3) is 0.196. The molecule has 2 aromatic heterocycles. The fourth-order valence-electron chi connectivity index (χ4n) is 9.54. The molecule has 0 spiro atoms. The number of aromatic nitrogens is 2. The van der Waals surface area contributed by atoms with Gasteiger partial charge in [-0.3, -0.25) is 0 Å². The SMILES string of the molecule is Cc1cccc2c3ccc(-c4ccc5c6c7c(cc5c4)Oc4ccc(C(C)(C)C)cc4B7c4cc(C(C)(C)C)ccc4O6)cc3n3c4ccccc4[n+](C)c3c12. The van der Waals surface area contributed by atoms with Crippen LogP contribution in [0.4, 0.5) is 0 Å². The van der Waals surface area contributed by atoms with Crippen molar-refractivity contribution in [2.75, 3.05) is 0 Å². The van der Waals surface area contributed by atoms with Crippen LogP contribution in [0.15, 0.2) is 121 Å². The molecule has 2 aliphatic heterocycles. The van der Waals surface area contributed by atoms with Gasteiger partial charge in [-0.1, -0.05) is 114 Å². The second-order valence-corrected chi connectivity index (χ2v) is 18.1. The predicted octanol–water partition coefficient (Wildman–Crippen LogP) is 10.7. The third kappa shape index (κ3) is 4.64. The number of rotatable bonds is 1. The van der Waals surface area contributed by atoms with Crippen LogP contribution in [0.25, 0.3) is 60.3 Å². The fourth-order valence-corrected chi connectivity index (χ4v) is 9.54. The van der Waals surface area contributed by atoms with E-state index in [9.17, 15) is 0 Å². The minimum atomic E-state index is 0.000234. The Hall–Kier alpha value is -6.07. The van der Waals surface area contributed by atoms with Crippen molar-refractivity contribution < 1.29 is 14.0 Å². The van der Waals surface area contributed by atoms with Crippen LogP contribution in [-0.2, 0) is 17.9 Å². The average molecular weight is 728 g/mol. The van der Waals surface area contributed by atoms with Gasteiger partial charge in [-0.2, -0.15) is 4.40 Å². The van der Waals surface area contributed by atoms with Crippen LogP contribution < -0.4 is 30.4 Å². The summed E-state index contributed by atoms with van der Waals surface area (Å²) >= 11 is 0. The number of aryl methyl sites for hydroxylation is 2. The molecule has 0 fully saturated rings. The van der Waals surface area contributed by atoms with E-state index in [4.69, 9.17) is 9.47 Å². The molecule has 0 amide bonds. The first-order chi connectivity index (χ1) is 26.8. The van der Waals surface area contributed by atoms with E-state index in [0.29, 0.717) is 0 Å². The van der Waals surface area contributed by atoms with Gasteiger partial charge in [0.05, 0.1) is 12.4 Å². The summed E-state index contributed by atoms with van der Waals surface area (Å²) in [6, 6.07) is 45.0. The normalized spacial score (nSPS) is 13.6. The second-order valence-electron chi connectivity index (χ2n) is 18.1. The van der Waals surface area contributed by atoms with Crippen LogP contribution in [0.3, 0.4) is 0 Å². The number of fused-ring (bicyclic) bond motifs is 14. The monoisotopic (exact) mass is 727 g/mol. The van der Waals surface area contributed by atoms with E-state index >= 15 is 0 Å². The van der Waals surface area contributed by atoms with Gasteiger partial charge in [-0.05, 0) is 110 Å². The Labute approximate surface area is 328 Å². The molecule has 11 rings (SSSR count). The summed E-state index contributed by atoms with van der Waals surface area (Å²) in [7, 11) is 2.19. The highest BCUT2D eigenvalue weighted by atomic mass is 16.5. The maximum Gasteiger partial charge on any atom is 0.295 e. The van der Waals surface area contributed by atoms with Gasteiger partial charge in [0.2, 0.25) is 0 Å². The highest BCUT2D eigenvalue weighted by molar-refractivity contribution is 6.98. The molecule has 0 saturated heterocycles. The molecule has 0 saturated carbocycles. The maximum atomic E-state index is 6.98. The third-order valence-corrected chi connectivity index (χ3v) is 12.6. The standard InChI is InChI=1S/C51H44BN2O2/c1-29-12-11-13-37-36-21-17-31(25-42(36)54-41-15-10-9-14-40(41)53(8)49(54)46(29)37)30-16-20-35-32(24-30)26-45-47-48(35)56-44-23-19-34(51(5,6)7)28-39(44)52(47)38-27-33(50(2,3)4)18-22-43(38)55-45/h9-28H,1-8H3/q+1. The predicted molar refractivity (Wildman–Crippen MR) is 234 cm³/mol. The first-order valence-electron chi connectivity index (χ1n) is 19.8. The van der Waals surface area contributed by atoms with Crippen molar-refractivity contribution in [1.82, 2.24) is 4.40 Å². The molecule has 0 bridgehead atoms. The van der Waals surface area contributed by atoms with Gasteiger partial charge in [-0.25, -0.2) is 4.57 Å². The number of pyridine rings is 1. The number of para-hydroxylation sites is 2. The average Bonchev–Trinajstić information content (AvgIpc) is 3.48. The third-order valence-electron chi connectivity index (χ3n) is 12.6. The summed E-state index contributed by atoms with van der Waals surface area (Å²) in [5.74, 6) is 3.59. The Balaban J connectivity index is 1.13. The minimum Gasteiger partial charge on any atom is -0.458 e. The summed E-state index contributed by atoms with van der Waals surface area (Å²) in [6.07, 6.45) is 0. The number of ether oxygens (including phenoxy) is 2. The van der Waals surface area contributed by atoms with E-state index < -0.39 is 0 Å². The molecule has 4 heterocycles. The molecule has 0 unspecified atom stereocenters. The molecule has 0 N–H and O–H groups in total. The van der Waals surface area contributed by atoms with Crippen LogP contribution >= 0.6 is 0 Å². The second kappa shape index (κ2) is 11.3. The lowest BCUT2D eigenvalue weighted by molar-refractivity contribution is -0.617. The largest absolute Gasteiger partial charge is 0.458 e. The number of hydrogen-bond donors (Lipinski definition) is 0.